The van der Waals surface area contributed by atoms with Crippen molar-refractivity contribution in [2.24, 2.45) is 0 Å². The Labute approximate surface area is 181 Å². The van der Waals surface area contributed by atoms with Crippen molar-refractivity contribution >= 4 is 28.3 Å². The zero-order valence-electron chi connectivity index (χ0n) is 18.4. The number of carbonyl (C=O) groups is 2. The number of anilines is 1. The number of likely N-dealkylation sites (N-methyl/N-ethyl adjacent to an activating group) is 1. The lowest BCUT2D eigenvalue weighted by Crippen LogP contribution is -2.34. The molecule has 0 aliphatic rings. The second-order valence-electron chi connectivity index (χ2n) is 7.56. The predicted molar refractivity (Wildman–Crippen MR) is 122 cm³/mol. The van der Waals surface area contributed by atoms with Crippen LogP contribution in [0.4, 0.5) is 5.69 Å². The van der Waals surface area contributed by atoms with E-state index >= 15 is 0 Å². The van der Waals surface area contributed by atoms with Gasteiger partial charge in [-0.3, -0.25) is 14.4 Å². The monoisotopic (exact) mass is 420 g/mol. The van der Waals surface area contributed by atoms with Crippen LogP contribution in [0.3, 0.4) is 0 Å². The van der Waals surface area contributed by atoms with Gasteiger partial charge in [0.15, 0.2) is 0 Å². The molecule has 3 rings (SSSR count). The van der Waals surface area contributed by atoms with E-state index in [0.29, 0.717) is 35.2 Å². The lowest BCUT2D eigenvalue weighted by Gasteiger charge is -2.19. The van der Waals surface area contributed by atoms with Gasteiger partial charge in [0, 0.05) is 24.2 Å². The number of nitrogens with one attached hydrogen (secondary N) is 1. The number of amides is 2. The van der Waals surface area contributed by atoms with E-state index in [1.165, 1.54) is 0 Å². The van der Waals surface area contributed by atoms with Gasteiger partial charge in [-0.15, -0.1) is 0 Å². The highest BCUT2D eigenvalue weighted by atomic mass is 16.2. The number of hydrogen-bond acceptors (Lipinski definition) is 4. The van der Waals surface area contributed by atoms with Crippen LogP contribution in [0, 0.1) is 13.8 Å². The van der Waals surface area contributed by atoms with Crippen LogP contribution in [-0.2, 0) is 22.6 Å². The van der Waals surface area contributed by atoms with Gasteiger partial charge in [0.05, 0.1) is 17.5 Å². The smallest absolute Gasteiger partial charge is 0.275 e. The van der Waals surface area contributed by atoms with Crippen molar-refractivity contribution in [3.05, 3.63) is 69.6 Å². The number of aromatic nitrogens is 2. The minimum atomic E-state index is -0.356. The fourth-order valence-electron chi connectivity index (χ4n) is 3.65. The first-order chi connectivity index (χ1) is 14.8. The van der Waals surface area contributed by atoms with E-state index < -0.39 is 0 Å². The fourth-order valence-corrected chi connectivity index (χ4v) is 3.65. The van der Waals surface area contributed by atoms with E-state index in [9.17, 15) is 14.4 Å². The Balaban J connectivity index is 1.93. The van der Waals surface area contributed by atoms with Crippen molar-refractivity contribution in [2.75, 3.05) is 18.4 Å². The summed E-state index contributed by atoms with van der Waals surface area (Å²) in [6, 6.07) is 12.8. The van der Waals surface area contributed by atoms with Crippen molar-refractivity contribution < 1.29 is 9.59 Å². The highest BCUT2D eigenvalue weighted by Crippen LogP contribution is 2.17. The van der Waals surface area contributed by atoms with Crippen LogP contribution in [-0.4, -0.2) is 39.6 Å². The lowest BCUT2D eigenvalue weighted by molar-refractivity contribution is -0.130. The van der Waals surface area contributed by atoms with Gasteiger partial charge in [0.1, 0.15) is 6.54 Å². The van der Waals surface area contributed by atoms with Gasteiger partial charge in [-0.1, -0.05) is 35.9 Å². The molecule has 0 atom stereocenters. The number of benzene rings is 2. The minimum Gasteiger partial charge on any atom is -0.343 e. The van der Waals surface area contributed by atoms with Crippen LogP contribution in [0.1, 0.15) is 30.7 Å². The predicted octanol–water partition coefficient (Wildman–Crippen LogP) is 3.06. The number of fused-ring (bicyclic) bond motifs is 1. The third kappa shape index (κ3) is 4.99. The van der Waals surface area contributed by atoms with Crippen LogP contribution in [0.5, 0.6) is 0 Å². The lowest BCUT2D eigenvalue weighted by atomic mass is 10.1. The molecule has 3 aromatic rings. The summed E-state index contributed by atoms with van der Waals surface area (Å²) in [7, 11) is 0. The van der Waals surface area contributed by atoms with E-state index in [0.717, 1.165) is 15.8 Å². The van der Waals surface area contributed by atoms with Gasteiger partial charge in [0.25, 0.3) is 5.56 Å². The molecule has 7 nitrogen and oxygen atoms in total. The molecular weight excluding hydrogens is 392 g/mol. The summed E-state index contributed by atoms with van der Waals surface area (Å²) in [5, 5.41) is 8.33. The van der Waals surface area contributed by atoms with E-state index in [2.05, 4.69) is 10.4 Å². The number of rotatable bonds is 7. The maximum absolute atomic E-state index is 12.9. The molecule has 162 valence electrons. The maximum Gasteiger partial charge on any atom is 0.275 e. The molecule has 0 unspecified atom stereocenters. The highest BCUT2D eigenvalue weighted by molar-refractivity contribution is 5.92. The third-order valence-electron chi connectivity index (χ3n) is 5.33. The topological polar surface area (TPSA) is 84.3 Å². The summed E-state index contributed by atoms with van der Waals surface area (Å²) in [5.74, 6) is -0.412. The fraction of sp³-hybridized carbons (Fsp3) is 0.333. The molecule has 0 aliphatic carbocycles. The average Bonchev–Trinajstić information content (AvgIpc) is 2.74. The van der Waals surface area contributed by atoms with Gasteiger partial charge < -0.3 is 10.2 Å². The van der Waals surface area contributed by atoms with Gasteiger partial charge in [-0.2, -0.15) is 5.10 Å². The van der Waals surface area contributed by atoms with Gasteiger partial charge in [-0.25, -0.2) is 4.68 Å². The van der Waals surface area contributed by atoms with Crippen LogP contribution in [0.25, 0.3) is 10.8 Å². The van der Waals surface area contributed by atoms with Crippen LogP contribution < -0.4 is 10.9 Å². The summed E-state index contributed by atoms with van der Waals surface area (Å²) in [4.78, 5) is 40.0. The van der Waals surface area contributed by atoms with Crippen molar-refractivity contribution in [1.82, 2.24) is 14.7 Å². The summed E-state index contributed by atoms with van der Waals surface area (Å²) in [6.45, 7) is 8.72. The second kappa shape index (κ2) is 9.55. The van der Waals surface area contributed by atoms with Gasteiger partial charge in [0.2, 0.25) is 11.8 Å². The third-order valence-corrected chi connectivity index (χ3v) is 5.33. The highest BCUT2D eigenvalue weighted by Gasteiger charge is 2.18. The SMILES string of the molecule is CCN(CC)C(=O)Cc1nn(CC(=O)Nc2ccc(C)cc2C)c(=O)c2ccccc12. The van der Waals surface area contributed by atoms with Crippen molar-refractivity contribution in [1.29, 1.82) is 0 Å². The molecule has 31 heavy (non-hydrogen) atoms. The molecule has 2 amide bonds. The van der Waals surface area contributed by atoms with Gasteiger partial charge in [-0.05, 0) is 45.4 Å². The molecule has 0 fully saturated rings. The molecule has 2 aromatic carbocycles. The van der Waals surface area contributed by atoms with Crippen molar-refractivity contribution in [2.45, 2.75) is 40.7 Å². The molecule has 1 N–H and O–H groups in total. The summed E-state index contributed by atoms with van der Waals surface area (Å²) in [5.41, 5.74) is 2.88. The van der Waals surface area contributed by atoms with E-state index in [1.807, 2.05) is 52.0 Å². The van der Waals surface area contributed by atoms with Gasteiger partial charge >= 0.3 is 0 Å². The van der Waals surface area contributed by atoms with Crippen molar-refractivity contribution in [3.8, 4) is 0 Å². The molecular formula is C24H28N4O3. The Morgan fingerprint density at radius 3 is 2.35 bits per heavy atom. The first-order valence-corrected chi connectivity index (χ1v) is 10.5. The normalized spacial score (nSPS) is 10.8. The van der Waals surface area contributed by atoms with E-state index in [4.69, 9.17) is 0 Å². The Hall–Kier alpha value is -3.48. The summed E-state index contributed by atoms with van der Waals surface area (Å²) in [6.07, 6.45) is 0.0706. The Bertz CT molecular complexity index is 1180. The first-order valence-electron chi connectivity index (χ1n) is 10.5. The Kier molecular flexibility index (Phi) is 6.84. The molecule has 0 bridgehead atoms. The number of carbonyl (C=O) groups excluding carboxylic acids is 2. The second-order valence-corrected chi connectivity index (χ2v) is 7.56. The number of nitrogens with zero attached hydrogens (tertiary/aromatic N) is 3. The zero-order valence-corrected chi connectivity index (χ0v) is 18.4. The maximum atomic E-state index is 12.9. The molecule has 1 aromatic heterocycles. The molecule has 0 saturated heterocycles. The summed E-state index contributed by atoms with van der Waals surface area (Å²) >= 11 is 0. The number of aryl methyl sites for hydroxylation is 2. The standard InChI is InChI=1S/C24H28N4O3/c1-5-27(6-2)23(30)14-21-18-9-7-8-10-19(18)24(31)28(26-21)15-22(29)25-20-12-11-16(3)13-17(20)4/h7-13H,5-6,14-15H2,1-4H3,(H,25,29). The van der Waals surface area contributed by atoms with Crippen LogP contribution in [0.2, 0.25) is 0 Å². The molecule has 1 heterocycles. The van der Waals surface area contributed by atoms with Crippen molar-refractivity contribution in [3.63, 3.8) is 0 Å². The largest absolute Gasteiger partial charge is 0.343 e. The molecule has 0 spiro atoms. The Morgan fingerprint density at radius 2 is 1.71 bits per heavy atom. The van der Waals surface area contributed by atoms with E-state index in [-0.39, 0.29) is 30.3 Å². The number of hydrogen-bond donors (Lipinski definition) is 1. The van der Waals surface area contributed by atoms with E-state index in [1.54, 1.807) is 23.1 Å². The van der Waals surface area contributed by atoms with Crippen LogP contribution in [0.15, 0.2) is 47.3 Å². The Morgan fingerprint density at radius 1 is 1.03 bits per heavy atom. The summed E-state index contributed by atoms with van der Waals surface area (Å²) < 4.78 is 1.14. The van der Waals surface area contributed by atoms with Crippen LogP contribution >= 0.6 is 0 Å². The molecule has 0 saturated carbocycles. The molecule has 0 radical (unpaired) electrons. The minimum absolute atomic E-state index is 0.0624. The first kappa shape index (κ1) is 22.2. The molecule has 7 heteroatoms. The molecule has 0 aliphatic heterocycles. The average molecular weight is 421 g/mol. The quantitative estimate of drug-likeness (QED) is 0.637. The zero-order chi connectivity index (χ0) is 22.5.